The molecule has 3 atom stereocenters. The summed E-state index contributed by atoms with van der Waals surface area (Å²) in [5, 5.41) is 11.0. The summed E-state index contributed by atoms with van der Waals surface area (Å²) in [5.74, 6) is 1.38. The molecule has 1 aliphatic heterocycles. The van der Waals surface area contributed by atoms with Gasteiger partial charge in [0.2, 0.25) is 0 Å². The number of ether oxygens (including phenoxy) is 1. The molecule has 2 nitrogen and oxygen atoms in total. The summed E-state index contributed by atoms with van der Waals surface area (Å²) in [7, 11) is 0. The number of halogens is 1. The predicted octanol–water partition coefficient (Wildman–Crippen LogP) is 4.10. The Hall–Kier alpha value is -0.730. The Morgan fingerprint density at radius 1 is 1.50 bits per heavy atom. The molecule has 1 aliphatic carbocycles. The highest BCUT2D eigenvalue weighted by atomic mass is 35.5. The smallest absolute Gasteiger partial charge is 0.126 e. The number of rotatable bonds is 1. The topological polar surface area (TPSA) is 29.5 Å². The van der Waals surface area contributed by atoms with Gasteiger partial charge in [0.25, 0.3) is 0 Å². The molecule has 0 aromatic heterocycles. The van der Waals surface area contributed by atoms with Crippen molar-refractivity contribution in [1.82, 2.24) is 0 Å². The van der Waals surface area contributed by atoms with Crippen LogP contribution in [0.3, 0.4) is 0 Å². The lowest BCUT2D eigenvalue weighted by atomic mass is 9.80. The second-order valence-corrected chi connectivity index (χ2v) is 6.00. The predicted molar refractivity (Wildman–Crippen MR) is 72.0 cm³/mol. The third-order valence-electron chi connectivity index (χ3n) is 4.57. The maximum Gasteiger partial charge on any atom is 0.126 e. The Morgan fingerprint density at radius 2 is 2.33 bits per heavy atom. The maximum absolute atomic E-state index is 10.4. The zero-order valence-electron chi connectivity index (χ0n) is 10.7. The second kappa shape index (κ2) is 4.43. The van der Waals surface area contributed by atoms with Gasteiger partial charge >= 0.3 is 0 Å². The zero-order valence-corrected chi connectivity index (χ0v) is 11.4. The van der Waals surface area contributed by atoms with E-state index in [9.17, 15) is 5.11 Å². The minimum atomic E-state index is -0.445. The third-order valence-corrected chi connectivity index (χ3v) is 4.81. The fourth-order valence-electron chi connectivity index (χ4n) is 3.66. The van der Waals surface area contributed by atoms with Crippen molar-refractivity contribution in [1.29, 1.82) is 0 Å². The number of aliphatic hydroxyl groups is 1. The van der Waals surface area contributed by atoms with Gasteiger partial charge in [-0.15, -0.1) is 0 Å². The van der Waals surface area contributed by atoms with E-state index in [4.69, 9.17) is 16.3 Å². The van der Waals surface area contributed by atoms with E-state index in [1.54, 1.807) is 0 Å². The van der Waals surface area contributed by atoms with E-state index in [0.29, 0.717) is 17.4 Å². The van der Waals surface area contributed by atoms with Crippen molar-refractivity contribution in [2.75, 3.05) is 0 Å². The summed E-state index contributed by atoms with van der Waals surface area (Å²) in [5.41, 5.74) is 0.699. The Kier molecular flexibility index (Phi) is 3.03. The Labute approximate surface area is 113 Å². The second-order valence-electron chi connectivity index (χ2n) is 5.57. The summed E-state index contributed by atoms with van der Waals surface area (Å²) in [6.07, 6.45) is 4.86. The van der Waals surface area contributed by atoms with Crippen molar-refractivity contribution in [3.05, 3.63) is 28.8 Å². The fraction of sp³-hybridized carbons (Fsp3) is 0.600. The van der Waals surface area contributed by atoms with E-state index in [2.05, 4.69) is 6.92 Å². The van der Waals surface area contributed by atoms with Gasteiger partial charge in [0, 0.05) is 17.0 Å². The van der Waals surface area contributed by atoms with E-state index >= 15 is 0 Å². The summed E-state index contributed by atoms with van der Waals surface area (Å²) >= 11 is 5.98. The van der Waals surface area contributed by atoms with Crippen molar-refractivity contribution < 1.29 is 9.84 Å². The lowest BCUT2D eigenvalue weighted by molar-refractivity contribution is -0.0410. The van der Waals surface area contributed by atoms with Crippen LogP contribution < -0.4 is 4.74 Å². The third kappa shape index (κ3) is 1.83. The average molecular weight is 267 g/mol. The molecule has 1 spiro atoms. The molecule has 0 radical (unpaired) electrons. The molecule has 1 saturated carbocycles. The van der Waals surface area contributed by atoms with Gasteiger partial charge in [0.1, 0.15) is 11.4 Å². The SMILES string of the molecule is CCC1CCCC12C[C@@H](O)c1cc(Cl)ccc1O2. The first-order valence-electron chi connectivity index (χ1n) is 6.81. The lowest BCUT2D eigenvalue weighted by Gasteiger charge is -2.42. The number of hydrogen-bond acceptors (Lipinski definition) is 2. The maximum atomic E-state index is 10.4. The van der Waals surface area contributed by atoms with Crippen LogP contribution in [0, 0.1) is 5.92 Å². The molecule has 1 aromatic carbocycles. The highest BCUT2D eigenvalue weighted by Gasteiger charge is 2.48. The van der Waals surface area contributed by atoms with Gasteiger partial charge in [-0.05, 0) is 49.8 Å². The molecule has 0 saturated heterocycles. The van der Waals surface area contributed by atoms with Gasteiger partial charge in [-0.2, -0.15) is 0 Å². The molecule has 2 aliphatic rings. The molecule has 0 amide bonds. The normalized spacial score (nSPS) is 34.4. The van der Waals surface area contributed by atoms with Crippen LogP contribution in [0.4, 0.5) is 0 Å². The summed E-state index contributed by atoms with van der Waals surface area (Å²) in [6.45, 7) is 2.21. The largest absolute Gasteiger partial charge is 0.486 e. The molecule has 1 N–H and O–H groups in total. The first-order chi connectivity index (χ1) is 8.64. The molecule has 1 fully saturated rings. The van der Waals surface area contributed by atoms with Crippen LogP contribution in [0.15, 0.2) is 18.2 Å². The molecule has 3 heteroatoms. The van der Waals surface area contributed by atoms with Crippen molar-refractivity contribution in [3.63, 3.8) is 0 Å². The van der Waals surface area contributed by atoms with Crippen molar-refractivity contribution in [2.45, 2.75) is 50.7 Å². The monoisotopic (exact) mass is 266 g/mol. The minimum absolute atomic E-state index is 0.144. The van der Waals surface area contributed by atoms with Crippen LogP contribution in [-0.2, 0) is 0 Å². The van der Waals surface area contributed by atoms with Gasteiger partial charge in [-0.3, -0.25) is 0 Å². The van der Waals surface area contributed by atoms with Crippen LogP contribution in [0.25, 0.3) is 0 Å². The van der Waals surface area contributed by atoms with Crippen molar-refractivity contribution in [3.8, 4) is 5.75 Å². The van der Waals surface area contributed by atoms with Crippen molar-refractivity contribution >= 4 is 11.6 Å². The number of hydrogen-bond donors (Lipinski definition) is 1. The van der Waals surface area contributed by atoms with Crippen LogP contribution in [0.2, 0.25) is 5.02 Å². The standard InChI is InChI=1S/C15H19ClO2/c1-2-10-4-3-7-15(10)9-13(17)12-8-11(16)5-6-14(12)18-15/h5-6,8,10,13,17H,2-4,7,9H2,1H3/t10?,13-,15?/m1/s1. The molecule has 18 heavy (non-hydrogen) atoms. The van der Waals surface area contributed by atoms with Crippen LogP contribution in [0.1, 0.15) is 50.7 Å². The molecule has 1 aromatic rings. The molecule has 3 rings (SSSR count). The minimum Gasteiger partial charge on any atom is -0.486 e. The Morgan fingerprint density at radius 3 is 3.11 bits per heavy atom. The van der Waals surface area contributed by atoms with Gasteiger partial charge in [-0.1, -0.05) is 18.5 Å². The van der Waals surface area contributed by atoms with Crippen LogP contribution in [-0.4, -0.2) is 10.7 Å². The van der Waals surface area contributed by atoms with Crippen LogP contribution >= 0.6 is 11.6 Å². The Bertz CT molecular complexity index is 460. The number of aliphatic hydroxyl groups excluding tert-OH is 1. The lowest BCUT2D eigenvalue weighted by Crippen LogP contribution is -2.44. The van der Waals surface area contributed by atoms with E-state index in [1.807, 2.05) is 18.2 Å². The highest BCUT2D eigenvalue weighted by Crippen LogP contribution is 2.51. The number of fused-ring (bicyclic) bond motifs is 1. The highest BCUT2D eigenvalue weighted by molar-refractivity contribution is 6.30. The Balaban J connectivity index is 1.98. The number of benzene rings is 1. The van der Waals surface area contributed by atoms with Crippen molar-refractivity contribution in [2.24, 2.45) is 5.92 Å². The summed E-state index contributed by atoms with van der Waals surface area (Å²) < 4.78 is 6.29. The fourth-order valence-corrected chi connectivity index (χ4v) is 3.85. The van der Waals surface area contributed by atoms with Gasteiger partial charge < -0.3 is 9.84 Å². The van der Waals surface area contributed by atoms with Gasteiger partial charge in [-0.25, -0.2) is 0 Å². The van der Waals surface area contributed by atoms with Gasteiger partial charge in [0.15, 0.2) is 0 Å². The van der Waals surface area contributed by atoms with E-state index in [0.717, 1.165) is 24.2 Å². The zero-order chi connectivity index (χ0) is 12.8. The van der Waals surface area contributed by atoms with E-state index in [-0.39, 0.29) is 5.60 Å². The first-order valence-corrected chi connectivity index (χ1v) is 7.19. The molecular formula is C15H19ClO2. The molecule has 2 unspecified atom stereocenters. The molecular weight excluding hydrogens is 248 g/mol. The van der Waals surface area contributed by atoms with Gasteiger partial charge in [0.05, 0.1) is 6.10 Å². The molecule has 98 valence electrons. The summed E-state index contributed by atoms with van der Waals surface area (Å²) in [4.78, 5) is 0. The summed E-state index contributed by atoms with van der Waals surface area (Å²) in [6, 6.07) is 5.55. The van der Waals surface area contributed by atoms with E-state index < -0.39 is 6.10 Å². The average Bonchev–Trinajstić information content (AvgIpc) is 2.72. The molecule has 1 heterocycles. The first kappa shape index (κ1) is 12.3. The molecule has 0 bridgehead atoms. The quantitative estimate of drug-likeness (QED) is 0.829. The van der Waals surface area contributed by atoms with E-state index in [1.165, 1.54) is 12.8 Å². The van der Waals surface area contributed by atoms with Crippen LogP contribution in [0.5, 0.6) is 5.75 Å².